The summed E-state index contributed by atoms with van der Waals surface area (Å²) in [6.45, 7) is 1.59. The first-order valence-corrected chi connectivity index (χ1v) is 12.2. The standard InChI is InChI=1S/C21H16O3.C9H10O.2CH2O2/c1-24-18-7-9-20-17(12-18)11-16-10-15(6-8-19(16)20)13-2-4-14(5-3-13)21(22)23;1-2-8-3-5-9(7-10)6-4-8;2*2-1-3/h2-10,12H,11H2,1H3,(H,22,23);3-7H,2H2,1H3;2*1H,(H,2,3). The lowest BCUT2D eigenvalue weighted by molar-refractivity contribution is -0.123. The molecule has 0 bridgehead atoms. The highest BCUT2D eigenvalue weighted by molar-refractivity contribution is 5.88. The summed E-state index contributed by atoms with van der Waals surface area (Å²) < 4.78 is 5.31. The molecule has 0 fully saturated rings. The number of aromatic carboxylic acids is 1. The lowest BCUT2D eigenvalue weighted by Gasteiger charge is -2.06. The molecule has 0 atom stereocenters. The van der Waals surface area contributed by atoms with E-state index in [1.54, 1.807) is 19.2 Å². The van der Waals surface area contributed by atoms with E-state index < -0.39 is 5.97 Å². The lowest BCUT2D eigenvalue weighted by Crippen LogP contribution is -1.95. The topological polar surface area (TPSA) is 138 Å². The van der Waals surface area contributed by atoms with Crippen LogP contribution < -0.4 is 4.74 Å². The molecule has 40 heavy (non-hydrogen) atoms. The summed E-state index contributed by atoms with van der Waals surface area (Å²) in [6.07, 6.45) is 2.78. The van der Waals surface area contributed by atoms with Gasteiger partial charge in [-0.05, 0) is 76.1 Å². The number of carboxylic acid groups (broad SMARTS) is 3. The van der Waals surface area contributed by atoms with Gasteiger partial charge in [0.2, 0.25) is 0 Å². The van der Waals surface area contributed by atoms with Crippen molar-refractivity contribution >= 4 is 25.2 Å². The van der Waals surface area contributed by atoms with Crippen LogP contribution in [-0.4, -0.2) is 47.6 Å². The Bertz CT molecular complexity index is 1420. The SMILES string of the molecule is CCc1ccc(C=O)cc1.COc1ccc2c(c1)Cc1cc(-c3ccc(C(=O)O)cc3)ccc1-2.O=CO.O=CO. The second kappa shape index (κ2) is 15.9. The van der Waals surface area contributed by atoms with Crippen LogP contribution in [-0.2, 0) is 22.4 Å². The summed E-state index contributed by atoms with van der Waals surface area (Å²) in [6, 6.07) is 27.3. The summed E-state index contributed by atoms with van der Waals surface area (Å²) in [7, 11) is 1.68. The van der Waals surface area contributed by atoms with Crippen molar-refractivity contribution in [2.45, 2.75) is 19.8 Å². The normalized spacial score (nSPS) is 9.95. The highest BCUT2D eigenvalue weighted by atomic mass is 16.5. The van der Waals surface area contributed by atoms with E-state index in [4.69, 9.17) is 29.6 Å². The molecule has 0 saturated heterocycles. The Morgan fingerprint density at radius 1 is 0.775 bits per heavy atom. The summed E-state index contributed by atoms with van der Waals surface area (Å²) >= 11 is 0. The van der Waals surface area contributed by atoms with E-state index in [2.05, 4.69) is 37.3 Å². The number of carbonyl (C=O) groups excluding carboxylic acids is 1. The van der Waals surface area contributed by atoms with E-state index in [-0.39, 0.29) is 12.9 Å². The Morgan fingerprint density at radius 3 is 1.80 bits per heavy atom. The van der Waals surface area contributed by atoms with Gasteiger partial charge in [0.05, 0.1) is 12.7 Å². The third kappa shape index (κ3) is 8.39. The van der Waals surface area contributed by atoms with E-state index in [0.717, 1.165) is 41.6 Å². The Kier molecular flexibility index (Phi) is 12.3. The maximum atomic E-state index is 11.0. The summed E-state index contributed by atoms with van der Waals surface area (Å²) in [5.41, 5.74) is 9.54. The van der Waals surface area contributed by atoms with Crippen molar-refractivity contribution in [2.75, 3.05) is 7.11 Å². The predicted molar refractivity (Wildman–Crippen MR) is 152 cm³/mol. The van der Waals surface area contributed by atoms with E-state index in [1.807, 2.05) is 42.5 Å². The summed E-state index contributed by atoms with van der Waals surface area (Å²) in [5.74, 6) is -0.0223. The molecule has 0 saturated carbocycles. The number of carbonyl (C=O) groups is 4. The number of rotatable bonds is 5. The van der Waals surface area contributed by atoms with Crippen LogP contribution >= 0.6 is 0 Å². The Morgan fingerprint density at radius 2 is 1.30 bits per heavy atom. The van der Waals surface area contributed by atoms with E-state index in [9.17, 15) is 9.59 Å². The first kappa shape index (κ1) is 31.0. The number of carboxylic acids is 1. The van der Waals surface area contributed by atoms with Gasteiger partial charge >= 0.3 is 5.97 Å². The Balaban J connectivity index is 0.000000291. The minimum Gasteiger partial charge on any atom is -0.497 e. The molecule has 206 valence electrons. The zero-order chi connectivity index (χ0) is 29.5. The van der Waals surface area contributed by atoms with Crippen LogP contribution in [0.3, 0.4) is 0 Å². The fourth-order valence-corrected chi connectivity index (χ4v) is 4.13. The number of aryl methyl sites for hydroxylation is 1. The molecule has 8 nitrogen and oxygen atoms in total. The average molecular weight is 543 g/mol. The fraction of sp³-hybridized carbons (Fsp3) is 0.125. The minimum absolute atomic E-state index is 0.250. The molecule has 0 radical (unpaired) electrons. The number of benzene rings is 4. The lowest BCUT2D eigenvalue weighted by atomic mass is 9.98. The molecule has 0 unspecified atom stereocenters. The highest BCUT2D eigenvalue weighted by Gasteiger charge is 2.19. The third-order valence-corrected chi connectivity index (χ3v) is 6.08. The van der Waals surface area contributed by atoms with Gasteiger partial charge in [-0.1, -0.05) is 67.6 Å². The summed E-state index contributed by atoms with van der Waals surface area (Å²) in [5, 5.41) is 22.8. The molecule has 0 aromatic heterocycles. The molecular weight excluding hydrogens is 512 g/mol. The molecule has 3 N–H and O–H groups in total. The van der Waals surface area contributed by atoms with Gasteiger partial charge in [0.25, 0.3) is 12.9 Å². The number of methoxy groups -OCH3 is 1. The largest absolute Gasteiger partial charge is 0.497 e. The molecule has 0 amide bonds. The van der Waals surface area contributed by atoms with Gasteiger partial charge in [-0.3, -0.25) is 14.4 Å². The van der Waals surface area contributed by atoms with Crippen molar-refractivity contribution in [3.63, 3.8) is 0 Å². The van der Waals surface area contributed by atoms with Crippen molar-refractivity contribution in [1.82, 2.24) is 0 Å². The van der Waals surface area contributed by atoms with Crippen molar-refractivity contribution < 1.29 is 39.2 Å². The maximum Gasteiger partial charge on any atom is 0.335 e. The van der Waals surface area contributed by atoms with Crippen molar-refractivity contribution in [1.29, 1.82) is 0 Å². The number of aldehydes is 1. The molecule has 8 heteroatoms. The molecule has 0 spiro atoms. The fourth-order valence-electron chi connectivity index (χ4n) is 4.13. The Labute approximate surface area is 232 Å². The second-order valence-electron chi connectivity index (χ2n) is 8.38. The molecule has 1 aliphatic rings. The molecule has 5 rings (SSSR count). The van der Waals surface area contributed by atoms with Gasteiger partial charge < -0.3 is 20.1 Å². The van der Waals surface area contributed by atoms with Gasteiger partial charge in [-0.2, -0.15) is 0 Å². The molecule has 0 heterocycles. The Hall–Kier alpha value is -5.24. The van der Waals surface area contributed by atoms with Gasteiger partial charge in [-0.15, -0.1) is 0 Å². The summed E-state index contributed by atoms with van der Waals surface area (Å²) in [4.78, 5) is 37.9. The number of ether oxygens (including phenoxy) is 1. The third-order valence-electron chi connectivity index (χ3n) is 6.08. The van der Waals surface area contributed by atoms with Crippen molar-refractivity contribution in [3.05, 3.63) is 113 Å². The van der Waals surface area contributed by atoms with Gasteiger partial charge in [0.15, 0.2) is 0 Å². The smallest absolute Gasteiger partial charge is 0.335 e. The van der Waals surface area contributed by atoms with E-state index in [1.165, 1.54) is 27.8 Å². The first-order chi connectivity index (χ1) is 19.3. The first-order valence-electron chi connectivity index (χ1n) is 12.2. The molecule has 4 aromatic rings. The van der Waals surface area contributed by atoms with Crippen molar-refractivity contribution in [2.24, 2.45) is 0 Å². The number of hydrogen-bond donors (Lipinski definition) is 3. The van der Waals surface area contributed by atoms with Gasteiger partial charge in [0.1, 0.15) is 12.0 Å². The zero-order valence-electron chi connectivity index (χ0n) is 22.1. The van der Waals surface area contributed by atoms with Crippen LogP contribution in [0.4, 0.5) is 0 Å². The maximum absolute atomic E-state index is 11.0. The average Bonchev–Trinajstić information content (AvgIpc) is 3.35. The second-order valence-corrected chi connectivity index (χ2v) is 8.38. The van der Waals surface area contributed by atoms with E-state index >= 15 is 0 Å². The molecule has 4 aromatic carbocycles. The predicted octanol–water partition coefficient (Wildman–Crippen LogP) is 6.09. The molecular formula is C32H30O8. The van der Waals surface area contributed by atoms with Crippen LogP contribution in [0.25, 0.3) is 22.3 Å². The van der Waals surface area contributed by atoms with Gasteiger partial charge in [0, 0.05) is 5.56 Å². The quantitative estimate of drug-likeness (QED) is 0.227. The van der Waals surface area contributed by atoms with Gasteiger partial charge in [-0.25, -0.2) is 4.79 Å². The molecule has 1 aliphatic carbocycles. The monoisotopic (exact) mass is 542 g/mol. The van der Waals surface area contributed by atoms with Crippen LogP contribution in [0.2, 0.25) is 0 Å². The van der Waals surface area contributed by atoms with Crippen LogP contribution in [0.5, 0.6) is 5.75 Å². The van der Waals surface area contributed by atoms with Crippen molar-refractivity contribution in [3.8, 4) is 28.0 Å². The van der Waals surface area contributed by atoms with E-state index in [0.29, 0.717) is 5.56 Å². The van der Waals surface area contributed by atoms with Crippen LogP contribution in [0.1, 0.15) is 44.3 Å². The zero-order valence-corrected chi connectivity index (χ0v) is 22.1. The number of hydrogen-bond acceptors (Lipinski definition) is 5. The van der Waals surface area contributed by atoms with Crippen LogP contribution in [0, 0.1) is 0 Å². The molecule has 0 aliphatic heterocycles. The minimum atomic E-state index is -0.903. The highest BCUT2D eigenvalue weighted by Crippen LogP contribution is 2.40. The van der Waals surface area contributed by atoms with Crippen LogP contribution in [0.15, 0.2) is 84.9 Å². The number of fused-ring (bicyclic) bond motifs is 3.